The molecule has 0 unspecified atom stereocenters. The van der Waals surface area contributed by atoms with E-state index in [-0.39, 0.29) is 18.0 Å². The molecule has 23 heavy (non-hydrogen) atoms. The summed E-state index contributed by atoms with van der Waals surface area (Å²) in [5, 5.41) is 6.33. The summed E-state index contributed by atoms with van der Waals surface area (Å²) >= 11 is 1.57. The molecule has 0 aliphatic heterocycles. The average molecular weight is 331 g/mol. The fraction of sp³-hybridized carbons (Fsp3) is 0.471. The first-order valence-corrected chi connectivity index (χ1v) is 8.95. The largest absolute Gasteiger partial charge is 0.341 e. The minimum atomic E-state index is -0.235. The van der Waals surface area contributed by atoms with Crippen molar-refractivity contribution in [1.82, 2.24) is 14.7 Å². The van der Waals surface area contributed by atoms with Crippen LogP contribution in [0.5, 0.6) is 0 Å². The van der Waals surface area contributed by atoms with E-state index in [2.05, 4.69) is 12.0 Å². The normalized spacial score (nSPS) is 14.0. The molecule has 1 saturated carbocycles. The van der Waals surface area contributed by atoms with E-state index >= 15 is 0 Å². The highest BCUT2D eigenvalue weighted by Gasteiger charge is 2.26. The van der Waals surface area contributed by atoms with Gasteiger partial charge in [0.2, 0.25) is 5.91 Å². The highest BCUT2D eigenvalue weighted by atomic mass is 32.1. The molecule has 1 aliphatic rings. The van der Waals surface area contributed by atoms with Crippen LogP contribution in [0.1, 0.15) is 26.2 Å². The van der Waals surface area contributed by atoms with Crippen LogP contribution in [0.15, 0.2) is 34.4 Å². The molecule has 0 bridgehead atoms. The molecule has 5 nitrogen and oxygen atoms in total. The van der Waals surface area contributed by atoms with Crippen molar-refractivity contribution in [3.63, 3.8) is 0 Å². The second-order valence-corrected chi connectivity index (χ2v) is 6.92. The van der Waals surface area contributed by atoms with Crippen molar-refractivity contribution >= 4 is 17.2 Å². The number of carbonyl (C=O) groups is 1. The second-order valence-electron chi connectivity index (χ2n) is 5.97. The van der Waals surface area contributed by atoms with Crippen molar-refractivity contribution in [2.24, 2.45) is 5.92 Å². The molecule has 1 amide bonds. The highest BCUT2D eigenvalue weighted by molar-refractivity contribution is 7.13. The molecule has 0 radical (unpaired) electrons. The van der Waals surface area contributed by atoms with Gasteiger partial charge in [-0.25, -0.2) is 4.68 Å². The number of rotatable bonds is 7. The Morgan fingerprint density at radius 2 is 2.22 bits per heavy atom. The van der Waals surface area contributed by atoms with Gasteiger partial charge >= 0.3 is 0 Å². The van der Waals surface area contributed by atoms with Crippen LogP contribution in [0.2, 0.25) is 0 Å². The molecule has 1 aliphatic carbocycles. The summed E-state index contributed by atoms with van der Waals surface area (Å²) in [5.41, 5.74) is 0.498. The number of carbonyl (C=O) groups excluding carboxylic acids is 1. The van der Waals surface area contributed by atoms with Crippen molar-refractivity contribution in [2.45, 2.75) is 32.7 Å². The van der Waals surface area contributed by atoms with Crippen LogP contribution in [0, 0.1) is 5.92 Å². The quantitative estimate of drug-likeness (QED) is 0.784. The summed E-state index contributed by atoms with van der Waals surface area (Å²) in [5.74, 6) is 0.629. The maximum atomic E-state index is 12.5. The first-order valence-electron chi connectivity index (χ1n) is 8.07. The Bertz CT molecular complexity index is 720. The lowest BCUT2D eigenvalue weighted by atomic mass is 10.3. The molecule has 0 atom stereocenters. The number of nitrogens with zero attached hydrogens (tertiary/aromatic N) is 3. The van der Waals surface area contributed by atoms with Crippen LogP contribution >= 0.6 is 11.3 Å². The number of amides is 1. The third-order valence-corrected chi connectivity index (χ3v) is 4.84. The molecular weight excluding hydrogens is 310 g/mol. The van der Waals surface area contributed by atoms with Gasteiger partial charge in [0.05, 0.1) is 4.88 Å². The lowest BCUT2D eigenvalue weighted by Gasteiger charge is -2.22. The molecule has 2 heterocycles. The predicted octanol–water partition coefficient (Wildman–Crippen LogP) is 2.62. The Labute approximate surface area is 139 Å². The molecule has 0 aromatic carbocycles. The fourth-order valence-electron chi connectivity index (χ4n) is 2.55. The zero-order chi connectivity index (χ0) is 16.2. The Morgan fingerprint density at radius 1 is 1.39 bits per heavy atom. The van der Waals surface area contributed by atoms with Crippen molar-refractivity contribution in [3.8, 4) is 10.6 Å². The van der Waals surface area contributed by atoms with Crippen LogP contribution < -0.4 is 5.56 Å². The second kappa shape index (κ2) is 7.08. The smallest absolute Gasteiger partial charge is 0.267 e. The Morgan fingerprint density at radius 3 is 2.87 bits per heavy atom. The Hall–Kier alpha value is -1.95. The summed E-state index contributed by atoms with van der Waals surface area (Å²) in [7, 11) is 0. The van der Waals surface area contributed by atoms with Crippen molar-refractivity contribution in [3.05, 3.63) is 40.0 Å². The van der Waals surface area contributed by atoms with Gasteiger partial charge in [0.25, 0.3) is 5.56 Å². The molecule has 3 rings (SSSR count). The molecule has 0 saturated heterocycles. The Kier molecular flexibility index (Phi) is 4.91. The number of hydrogen-bond donors (Lipinski definition) is 0. The van der Waals surface area contributed by atoms with Crippen LogP contribution in [-0.4, -0.2) is 33.7 Å². The van der Waals surface area contributed by atoms with Crippen molar-refractivity contribution < 1.29 is 4.79 Å². The molecule has 2 aromatic heterocycles. The van der Waals surface area contributed by atoms with E-state index < -0.39 is 0 Å². The number of aromatic nitrogens is 2. The van der Waals surface area contributed by atoms with Gasteiger partial charge in [-0.05, 0) is 42.7 Å². The fourth-order valence-corrected chi connectivity index (χ4v) is 3.24. The van der Waals surface area contributed by atoms with Crippen LogP contribution in [0.25, 0.3) is 10.6 Å². The van der Waals surface area contributed by atoms with E-state index in [1.807, 2.05) is 22.4 Å². The maximum absolute atomic E-state index is 12.5. The molecule has 0 spiro atoms. The van der Waals surface area contributed by atoms with E-state index in [9.17, 15) is 9.59 Å². The lowest BCUT2D eigenvalue weighted by molar-refractivity contribution is -0.132. The van der Waals surface area contributed by atoms with E-state index in [4.69, 9.17) is 0 Å². The van der Waals surface area contributed by atoms with Crippen LogP contribution in [-0.2, 0) is 11.3 Å². The van der Waals surface area contributed by atoms with Crippen LogP contribution in [0.3, 0.4) is 0 Å². The summed E-state index contributed by atoms with van der Waals surface area (Å²) in [6.45, 7) is 3.64. The van der Waals surface area contributed by atoms with Crippen LogP contribution in [0.4, 0.5) is 0 Å². The van der Waals surface area contributed by atoms with Gasteiger partial charge in [0.15, 0.2) is 0 Å². The van der Waals surface area contributed by atoms with E-state index in [0.717, 1.165) is 30.1 Å². The zero-order valence-electron chi connectivity index (χ0n) is 13.3. The molecule has 6 heteroatoms. The standard InChI is InChI=1S/C17H21N3O2S/c1-2-9-19(11-13-5-6-13)17(22)12-20-16(21)8-7-14(18-20)15-4-3-10-23-15/h3-4,7-8,10,13H,2,5-6,9,11-12H2,1H3. The first-order chi connectivity index (χ1) is 11.2. The minimum absolute atomic E-state index is 0.0170. The number of hydrogen-bond acceptors (Lipinski definition) is 4. The molecule has 1 fully saturated rings. The average Bonchev–Trinajstić information content (AvgIpc) is 3.19. The zero-order valence-corrected chi connectivity index (χ0v) is 14.1. The van der Waals surface area contributed by atoms with Gasteiger partial charge in [0, 0.05) is 19.2 Å². The van der Waals surface area contributed by atoms with Gasteiger partial charge in [-0.1, -0.05) is 13.0 Å². The molecule has 0 N–H and O–H groups in total. The van der Waals surface area contributed by atoms with Gasteiger partial charge in [-0.15, -0.1) is 11.3 Å². The van der Waals surface area contributed by atoms with E-state index in [1.54, 1.807) is 17.4 Å². The topological polar surface area (TPSA) is 55.2 Å². The summed E-state index contributed by atoms with van der Waals surface area (Å²) in [6.07, 6.45) is 3.34. The van der Waals surface area contributed by atoms with Gasteiger partial charge in [0.1, 0.15) is 12.2 Å². The number of thiophene rings is 1. The lowest BCUT2D eigenvalue weighted by Crippen LogP contribution is -2.38. The summed E-state index contributed by atoms with van der Waals surface area (Å²) in [4.78, 5) is 27.4. The van der Waals surface area contributed by atoms with E-state index in [1.165, 1.54) is 23.6 Å². The van der Waals surface area contributed by atoms with Crippen molar-refractivity contribution in [1.29, 1.82) is 0 Å². The third kappa shape index (κ3) is 4.07. The minimum Gasteiger partial charge on any atom is -0.341 e. The summed E-state index contributed by atoms with van der Waals surface area (Å²) < 4.78 is 1.28. The van der Waals surface area contributed by atoms with Gasteiger partial charge in [-0.2, -0.15) is 5.10 Å². The predicted molar refractivity (Wildman–Crippen MR) is 91.4 cm³/mol. The van der Waals surface area contributed by atoms with E-state index in [0.29, 0.717) is 5.92 Å². The highest BCUT2D eigenvalue weighted by Crippen LogP contribution is 2.29. The third-order valence-electron chi connectivity index (χ3n) is 3.95. The van der Waals surface area contributed by atoms with Gasteiger partial charge in [-0.3, -0.25) is 9.59 Å². The Balaban J connectivity index is 1.76. The summed E-state index contributed by atoms with van der Waals surface area (Å²) in [6, 6.07) is 7.10. The first kappa shape index (κ1) is 15.9. The van der Waals surface area contributed by atoms with Gasteiger partial charge < -0.3 is 4.90 Å². The molecular formula is C17H21N3O2S. The molecule has 122 valence electrons. The monoisotopic (exact) mass is 331 g/mol. The maximum Gasteiger partial charge on any atom is 0.267 e. The molecule has 2 aromatic rings. The van der Waals surface area contributed by atoms with Crippen molar-refractivity contribution in [2.75, 3.05) is 13.1 Å². The SMILES string of the molecule is CCCN(CC1CC1)C(=O)Cn1nc(-c2cccs2)ccc1=O.